The summed E-state index contributed by atoms with van der Waals surface area (Å²) in [6.07, 6.45) is 1.02. The van der Waals surface area contributed by atoms with Crippen molar-refractivity contribution < 1.29 is 32.3 Å². The maximum atomic E-state index is 11.7. The normalized spacial score (nSPS) is 11.7. The third-order valence-electron chi connectivity index (χ3n) is 3.19. The molecule has 0 saturated carbocycles. The minimum atomic E-state index is -2.93. The summed E-state index contributed by atoms with van der Waals surface area (Å²) in [5, 5.41) is 0. The highest BCUT2D eigenvalue weighted by Gasteiger charge is 2.41. The van der Waals surface area contributed by atoms with Gasteiger partial charge in [0, 0.05) is 33.8 Å². The third kappa shape index (κ3) is 11.0. The number of ketones is 1. The van der Waals surface area contributed by atoms with Crippen molar-refractivity contribution in [3.8, 4) is 0 Å². The van der Waals surface area contributed by atoms with Crippen molar-refractivity contribution in [2.24, 2.45) is 0 Å². The lowest BCUT2D eigenvalue weighted by atomic mass is 10.1. The highest BCUT2D eigenvalue weighted by molar-refractivity contribution is 6.60. The Kier molecular flexibility index (Phi) is 14.3. The van der Waals surface area contributed by atoms with Crippen LogP contribution in [0.25, 0.3) is 0 Å². The van der Waals surface area contributed by atoms with Crippen molar-refractivity contribution in [2.45, 2.75) is 25.8 Å². The molecule has 0 N–H and O–H groups in total. The average molecular weight is 365 g/mol. The Morgan fingerprint density at radius 3 is 1.58 bits per heavy atom. The molecule has 0 rings (SSSR count). The van der Waals surface area contributed by atoms with Crippen LogP contribution in [0.4, 0.5) is 0 Å². The van der Waals surface area contributed by atoms with E-state index < -0.39 is 8.80 Å². The van der Waals surface area contributed by atoms with E-state index in [4.69, 9.17) is 27.5 Å². The Bertz CT molecular complexity index is 323. The summed E-state index contributed by atoms with van der Waals surface area (Å²) in [5.74, 6) is 0.0450. The van der Waals surface area contributed by atoms with Gasteiger partial charge in [-0.3, -0.25) is 4.79 Å². The maximum Gasteiger partial charge on any atom is 0.501 e. The van der Waals surface area contributed by atoms with Crippen LogP contribution in [-0.4, -0.2) is 75.6 Å². The molecule has 0 spiro atoms. The minimum absolute atomic E-state index is 0.0450. The Hall–Kier alpha value is -0.613. The summed E-state index contributed by atoms with van der Waals surface area (Å²) in [6, 6.07) is 0.545. The molecule has 0 unspecified atom stereocenters. The molecule has 0 atom stereocenters. The summed E-state index contributed by atoms with van der Waals surface area (Å²) in [4.78, 5) is 11.7. The van der Waals surface area contributed by atoms with Gasteiger partial charge in [0.05, 0.1) is 39.6 Å². The van der Waals surface area contributed by atoms with Gasteiger partial charge in [-0.25, -0.2) is 0 Å². The largest absolute Gasteiger partial charge is 0.501 e. The predicted octanol–water partition coefficient (Wildman–Crippen LogP) is 1.84. The molecule has 0 bridgehead atoms. The van der Waals surface area contributed by atoms with Gasteiger partial charge in [-0.2, -0.15) is 0 Å². The quantitative estimate of drug-likeness (QED) is 0.221. The van der Waals surface area contributed by atoms with Crippen LogP contribution in [-0.2, 0) is 32.3 Å². The highest BCUT2D eigenvalue weighted by atomic mass is 28.4. The van der Waals surface area contributed by atoms with E-state index in [2.05, 4.69) is 6.58 Å². The van der Waals surface area contributed by atoms with Crippen molar-refractivity contribution in [3.63, 3.8) is 0 Å². The van der Waals surface area contributed by atoms with Gasteiger partial charge in [0.1, 0.15) is 0 Å². The zero-order valence-corrected chi connectivity index (χ0v) is 16.4. The molecule has 0 aliphatic heterocycles. The molecule has 0 amide bonds. The fourth-order valence-electron chi connectivity index (χ4n) is 1.86. The number of rotatable bonds is 17. The predicted molar refractivity (Wildman–Crippen MR) is 93.1 cm³/mol. The van der Waals surface area contributed by atoms with Gasteiger partial charge >= 0.3 is 8.80 Å². The molecule has 24 heavy (non-hydrogen) atoms. The van der Waals surface area contributed by atoms with Crippen LogP contribution in [0.1, 0.15) is 19.8 Å². The summed E-state index contributed by atoms with van der Waals surface area (Å²) in [7, 11) is 1.89. The summed E-state index contributed by atoms with van der Waals surface area (Å²) in [6.45, 7) is 7.84. The van der Waals surface area contributed by atoms with E-state index in [1.807, 2.05) is 0 Å². The Balaban J connectivity index is 4.76. The SMILES string of the molecule is C=C(C)C(=O)CCC[Si](OCCOC)(OCCOC)OCCOC. The topological polar surface area (TPSA) is 72.5 Å². The first-order chi connectivity index (χ1) is 11.5. The molecule has 7 nitrogen and oxygen atoms in total. The fraction of sp³-hybridized carbons (Fsp3) is 0.812. The van der Waals surface area contributed by atoms with Gasteiger partial charge in [0.25, 0.3) is 0 Å². The number of methoxy groups -OCH3 is 3. The molecule has 0 heterocycles. The number of ether oxygens (including phenoxy) is 3. The second kappa shape index (κ2) is 14.7. The van der Waals surface area contributed by atoms with Crippen molar-refractivity contribution >= 4 is 14.6 Å². The first kappa shape index (κ1) is 23.4. The lowest BCUT2D eigenvalue weighted by Gasteiger charge is -2.29. The van der Waals surface area contributed by atoms with Crippen molar-refractivity contribution in [1.29, 1.82) is 0 Å². The van der Waals surface area contributed by atoms with Crippen LogP contribution in [0.5, 0.6) is 0 Å². The van der Waals surface area contributed by atoms with E-state index in [9.17, 15) is 4.79 Å². The van der Waals surface area contributed by atoms with Gasteiger partial charge in [-0.1, -0.05) is 6.58 Å². The molecule has 0 aromatic heterocycles. The summed E-state index contributed by atoms with van der Waals surface area (Å²) >= 11 is 0. The third-order valence-corrected chi connectivity index (χ3v) is 6.09. The Labute approximate surface area is 146 Å². The molecule has 0 aromatic carbocycles. The van der Waals surface area contributed by atoms with Gasteiger partial charge < -0.3 is 27.5 Å². The maximum absolute atomic E-state index is 11.7. The van der Waals surface area contributed by atoms with E-state index in [1.54, 1.807) is 28.3 Å². The second-order valence-electron chi connectivity index (χ2n) is 5.26. The minimum Gasteiger partial charge on any atom is -0.382 e. The van der Waals surface area contributed by atoms with E-state index >= 15 is 0 Å². The summed E-state index contributed by atoms with van der Waals surface area (Å²) < 4.78 is 32.9. The number of Topliss-reactive ketones (excluding diaryl/α,β-unsaturated/α-hetero) is 1. The van der Waals surface area contributed by atoms with Crippen LogP contribution in [0.3, 0.4) is 0 Å². The highest BCUT2D eigenvalue weighted by Crippen LogP contribution is 2.20. The van der Waals surface area contributed by atoms with E-state index in [-0.39, 0.29) is 5.78 Å². The molecule has 0 aliphatic carbocycles. The van der Waals surface area contributed by atoms with Crippen LogP contribution in [0.15, 0.2) is 12.2 Å². The fourth-order valence-corrected chi connectivity index (χ4v) is 4.34. The lowest BCUT2D eigenvalue weighted by molar-refractivity contribution is -0.115. The molecule has 142 valence electrons. The zero-order chi connectivity index (χ0) is 18.3. The van der Waals surface area contributed by atoms with Crippen LogP contribution in [0.2, 0.25) is 6.04 Å². The molecule has 8 heteroatoms. The van der Waals surface area contributed by atoms with E-state index in [1.165, 1.54) is 0 Å². The zero-order valence-electron chi connectivity index (χ0n) is 15.4. The number of allylic oxidation sites excluding steroid dienone is 1. The van der Waals surface area contributed by atoms with E-state index in [0.29, 0.717) is 64.1 Å². The van der Waals surface area contributed by atoms with Crippen LogP contribution < -0.4 is 0 Å². The van der Waals surface area contributed by atoms with Crippen LogP contribution in [0, 0.1) is 0 Å². The number of carbonyl (C=O) groups excluding carboxylic acids is 1. The molecule has 0 fully saturated rings. The number of hydrogen-bond acceptors (Lipinski definition) is 7. The van der Waals surface area contributed by atoms with Crippen molar-refractivity contribution in [3.05, 3.63) is 12.2 Å². The molecule has 0 radical (unpaired) electrons. The first-order valence-electron chi connectivity index (χ1n) is 8.08. The summed E-state index contributed by atoms with van der Waals surface area (Å²) in [5.41, 5.74) is 0.558. The van der Waals surface area contributed by atoms with E-state index in [0.717, 1.165) is 0 Å². The van der Waals surface area contributed by atoms with Crippen LogP contribution >= 0.6 is 0 Å². The molecule has 0 aliphatic rings. The molecule has 0 saturated heterocycles. The number of carbonyl (C=O) groups is 1. The number of hydrogen-bond donors (Lipinski definition) is 0. The Morgan fingerprint density at radius 1 is 0.833 bits per heavy atom. The van der Waals surface area contributed by atoms with Crippen molar-refractivity contribution in [2.75, 3.05) is 61.0 Å². The smallest absolute Gasteiger partial charge is 0.382 e. The average Bonchev–Trinajstić information content (AvgIpc) is 2.55. The standard InChI is InChI=1S/C16H32O7Si/c1-15(2)16(17)7-6-14-24(21-11-8-18-3,22-12-9-19-4)23-13-10-20-5/h1,6-14H2,2-5H3. The second-order valence-corrected chi connectivity index (χ2v) is 8.00. The Morgan fingerprint density at radius 2 is 1.25 bits per heavy atom. The molecular formula is C16H32O7Si. The van der Waals surface area contributed by atoms with Gasteiger partial charge in [-0.15, -0.1) is 0 Å². The van der Waals surface area contributed by atoms with Gasteiger partial charge in [-0.05, 0) is 18.9 Å². The van der Waals surface area contributed by atoms with Crippen molar-refractivity contribution in [1.82, 2.24) is 0 Å². The van der Waals surface area contributed by atoms with Gasteiger partial charge in [0.15, 0.2) is 5.78 Å². The monoisotopic (exact) mass is 364 g/mol. The molecule has 0 aromatic rings. The first-order valence-corrected chi connectivity index (χ1v) is 10.0. The molecular weight excluding hydrogens is 332 g/mol. The van der Waals surface area contributed by atoms with Gasteiger partial charge in [0.2, 0.25) is 0 Å². The lowest BCUT2D eigenvalue weighted by Crippen LogP contribution is -2.48.